The maximum atomic E-state index is 12.2. The van der Waals surface area contributed by atoms with Gasteiger partial charge in [0.25, 0.3) is 0 Å². The average Bonchev–Trinajstić information content (AvgIpc) is 2.44. The van der Waals surface area contributed by atoms with Crippen LogP contribution in [0.4, 0.5) is 13.2 Å². The van der Waals surface area contributed by atoms with Crippen LogP contribution in [0.5, 0.6) is 0 Å². The van der Waals surface area contributed by atoms with Crippen LogP contribution in [0.3, 0.4) is 0 Å². The van der Waals surface area contributed by atoms with Crippen LogP contribution in [0.1, 0.15) is 26.2 Å². The number of halogens is 3. The first-order valence-corrected chi connectivity index (χ1v) is 6.46. The average molecular weight is 328 g/mol. The van der Waals surface area contributed by atoms with Gasteiger partial charge in [0, 0.05) is 6.42 Å². The highest BCUT2D eigenvalue weighted by Crippen LogP contribution is 2.15. The van der Waals surface area contributed by atoms with Crippen molar-refractivity contribution in [1.29, 1.82) is 0 Å². The number of hydroxylamine groups is 1. The number of esters is 1. The zero-order valence-electron chi connectivity index (χ0n) is 12.0. The largest absolute Gasteiger partial charge is 0.471 e. The summed E-state index contributed by atoms with van der Waals surface area (Å²) in [4.78, 5) is 27.3. The summed E-state index contributed by atoms with van der Waals surface area (Å²) in [5.74, 6) is 1.59. The van der Waals surface area contributed by atoms with Gasteiger partial charge in [0.1, 0.15) is 12.4 Å². The zero-order valence-corrected chi connectivity index (χ0v) is 12.0. The molecule has 0 aromatic carbocycles. The van der Waals surface area contributed by atoms with Crippen LogP contribution >= 0.6 is 0 Å². The number of hydrogen-bond acceptors (Lipinski definition) is 6. The van der Waals surface area contributed by atoms with Gasteiger partial charge in [-0.1, -0.05) is 13.3 Å². The summed E-state index contributed by atoms with van der Waals surface area (Å²) in [6, 6.07) is -1.47. The lowest BCUT2D eigenvalue weighted by atomic mass is 10.2. The molecule has 4 N–H and O–H groups in total. The van der Waals surface area contributed by atoms with E-state index in [-0.39, 0.29) is 19.6 Å². The molecule has 0 saturated carbocycles. The lowest BCUT2D eigenvalue weighted by Gasteiger charge is -2.18. The Labute approximate surface area is 125 Å². The number of carbonyl (C=O) groups excluding carboxylic acids is 2. The van der Waals surface area contributed by atoms with Gasteiger partial charge in [0.05, 0.1) is 13.2 Å². The quantitative estimate of drug-likeness (QED) is 0.132. The van der Waals surface area contributed by atoms with E-state index in [0.717, 1.165) is 12.8 Å². The molecule has 1 atom stereocenters. The molecule has 22 heavy (non-hydrogen) atoms. The number of alkyl halides is 3. The van der Waals surface area contributed by atoms with Crippen LogP contribution in [0, 0.1) is 0 Å². The van der Waals surface area contributed by atoms with Crippen LogP contribution in [0.2, 0.25) is 0 Å². The lowest BCUT2D eigenvalue weighted by Crippen LogP contribution is -2.48. The van der Waals surface area contributed by atoms with E-state index in [4.69, 9.17) is 15.4 Å². The Morgan fingerprint density at radius 2 is 2.05 bits per heavy atom. The molecule has 0 aromatic rings. The fraction of sp³-hybridized carbons (Fsp3) is 0.727. The molecule has 11 heteroatoms. The van der Waals surface area contributed by atoms with Crippen molar-refractivity contribution in [3.8, 4) is 0 Å². The third-order valence-electron chi connectivity index (χ3n) is 2.31. The first-order chi connectivity index (χ1) is 10.3. The van der Waals surface area contributed by atoms with Crippen molar-refractivity contribution in [2.24, 2.45) is 10.9 Å². The van der Waals surface area contributed by atoms with Crippen molar-refractivity contribution >= 4 is 18.2 Å². The maximum Gasteiger partial charge on any atom is 0.471 e. The molecule has 0 aromatic heterocycles. The number of unbranched alkanes of at least 4 members (excludes halogenated alkanes) is 1. The summed E-state index contributed by atoms with van der Waals surface area (Å²) in [6.07, 6.45) is -3.01. The number of hydrogen-bond donors (Lipinski definition) is 3. The van der Waals surface area contributed by atoms with E-state index in [1.165, 1.54) is 0 Å². The van der Waals surface area contributed by atoms with Crippen molar-refractivity contribution in [2.45, 2.75) is 38.4 Å². The number of rotatable bonds is 10. The number of nitrogens with two attached hydrogens (primary N) is 1. The van der Waals surface area contributed by atoms with Gasteiger partial charge in [-0.25, -0.2) is 4.79 Å². The van der Waals surface area contributed by atoms with Crippen LogP contribution in [-0.4, -0.2) is 43.6 Å². The Kier molecular flexibility index (Phi) is 9.67. The van der Waals surface area contributed by atoms with Crippen LogP contribution in [0.15, 0.2) is 5.10 Å². The number of ether oxygens (including phenoxy) is 1. The van der Waals surface area contributed by atoms with E-state index in [1.54, 1.807) is 5.32 Å². The standard InChI is InChI=1S/C11H19F3N4O4/c1-2-3-5-21-9(19)8(4-6-22-17-7-16-15)18-10(20)11(12,13)14/h7-8H,2-6,15H2,1H3,(H,16,17)(H,18,20)/t8-/m0/s1. The molecular weight excluding hydrogens is 309 g/mol. The van der Waals surface area contributed by atoms with Gasteiger partial charge in [-0.05, 0) is 6.42 Å². The van der Waals surface area contributed by atoms with Crippen LogP contribution < -0.4 is 16.6 Å². The van der Waals surface area contributed by atoms with Crippen molar-refractivity contribution in [3.05, 3.63) is 0 Å². The molecule has 0 bridgehead atoms. The van der Waals surface area contributed by atoms with Gasteiger partial charge in [0.15, 0.2) is 0 Å². The number of amides is 1. The number of nitrogens with one attached hydrogen (secondary N) is 2. The molecule has 8 nitrogen and oxygen atoms in total. The summed E-state index contributed by atoms with van der Waals surface area (Å²) in [5.41, 5.74) is 2.16. The molecule has 0 aliphatic heterocycles. The highest BCUT2D eigenvalue weighted by molar-refractivity contribution is 5.87. The van der Waals surface area contributed by atoms with Crippen molar-refractivity contribution in [2.75, 3.05) is 13.2 Å². The summed E-state index contributed by atoms with van der Waals surface area (Å²) >= 11 is 0. The van der Waals surface area contributed by atoms with Gasteiger partial charge < -0.3 is 15.9 Å². The smallest absolute Gasteiger partial charge is 0.464 e. The van der Waals surface area contributed by atoms with Crippen LogP contribution in [0.25, 0.3) is 0 Å². The van der Waals surface area contributed by atoms with E-state index in [9.17, 15) is 22.8 Å². The predicted molar refractivity (Wildman–Crippen MR) is 70.2 cm³/mol. The fourth-order valence-corrected chi connectivity index (χ4v) is 1.21. The van der Waals surface area contributed by atoms with Gasteiger partial charge in [-0.2, -0.15) is 18.3 Å². The van der Waals surface area contributed by atoms with Crippen molar-refractivity contribution in [3.63, 3.8) is 0 Å². The van der Waals surface area contributed by atoms with Crippen molar-refractivity contribution < 1.29 is 32.3 Å². The molecule has 0 fully saturated rings. The van der Waals surface area contributed by atoms with Crippen molar-refractivity contribution in [1.82, 2.24) is 10.8 Å². The van der Waals surface area contributed by atoms with E-state index in [2.05, 4.69) is 10.6 Å². The van der Waals surface area contributed by atoms with Crippen LogP contribution in [-0.2, 0) is 19.2 Å². The topological polar surface area (TPSA) is 115 Å². The van der Waals surface area contributed by atoms with E-state index in [1.807, 2.05) is 6.92 Å². The molecule has 1 amide bonds. The molecule has 0 aliphatic carbocycles. The molecule has 0 unspecified atom stereocenters. The second-order valence-corrected chi connectivity index (χ2v) is 4.08. The summed E-state index contributed by atoms with van der Waals surface area (Å²) < 4.78 is 41.5. The maximum absolute atomic E-state index is 12.2. The molecule has 0 rings (SSSR count). The first-order valence-electron chi connectivity index (χ1n) is 6.46. The third kappa shape index (κ3) is 9.00. The fourth-order valence-electron chi connectivity index (χ4n) is 1.21. The summed E-state index contributed by atoms with van der Waals surface area (Å²) in [6.45, 7) is 1.74. The molecule has 0 spiro atoms. The Morgan fingerprint density at radius 1 is 1.36 bits per heavy atom. The predicted octanol–water partition coefficient (Wildman–Crippen LogP) is 0.190. The molecule has 0 aliphatic rings. The van der Waals surface area contributed by atoms with Gasteiger partial charge in [0.2, 0.25) is 0 Å². The Bertz CT molecular complexity index is 377. The zero-order chi connectivity index (χ0) is 17.0. The molecule has 0 saturated heterocycles. The van der Waals surface area contributed by atoms with E-state index < -0.39 is 24.1 Å². The molecular formula is C11H19F3N4O4. The summed E-state index contributed by atoms with van der Waals surface area (Å²) in [7, 11) is 0. The SMILES string of the molecule is CCCCOC(=O)[C@H](CCONC=NN)NC(=O)C(F)(F)F. The highest BCUT2D eigenvalue weighted by atomic mass is 19.4. The summed E-state index contributed by atoms with van der Waals surface area (Å²) in [5, 5.41) is 4.62. The highest BCUT2D eigenvalue weighted by Gasteiger charge is 2.41. The number of carbonyl (C=O) groups is 2. The Hall–Kier alpha value is -2.04. The minimum absolute atomic E-state index is 0.0622. The second kappa shape index (κ2) is 10.7. The van der Waals surface area contributed by atoms with Gasteiger partial charge >= 0.3 is 18.1 Å². The minimum atomic E-state index is -5.09. The number of nitrogens with zero attached hydrogens (tertiary/aromatic N) is 1. The monoisotopic (exact) mass is 328 g/mol. The van der Waals surface area contributed by atoms with E-state index in [0.29, 0.717) is 6.42 Å². The molecule has 0 heterocycles. The Morgan fingerprint density at radius 3 is 2.59 bits per heavy atom. The minimum Gasteiger partial charge on any atom is -0.464 e. The second-order valence-electron chi connectivity index (χ2n) is 4.08. The first kappa shape index (κ1) is 20.0. The normalized spacial score (nSPS) is 12.9. The third-order valence-corrected chi connectivity index (χ3v) is 2.31. The molecule has 128 valence electrons. The molecule has 0 radical (unpaired) electrons. The van der Waals surface area contributed by atoms with Gasteiger partial charge in [-0.3, -0.25) is 15.1 Å². The number of hydrazone groups is 1. The lowest BCUT2D eigenvalue weighted by molar-refractivity contribution is -0.176. The Balaban J connectivity index is 4.48. The van der Waals surface area contributed by atoms with Gasteiger partial charge in [-0.15, -0.1) is 0 Å². The van der Waals surface area contributed by atoms with E-state index >= 15 is 0 Å².